The number of benzene rings is 1. The molecule has 3 atom stereocenters. The van der Waals surface area contributed by atoms with Crippen LogP contribution < -0.4 is 33.0 Å². The zero-order chi connectivity index (χ0) is 35.4. The number of aromatic amines is 1. The summed E-state index contributed by atoms with van der Waals surface area (Å²) in [5.74, 6) is -6.08. The molecule has 0 fully saturated rings. The lowest BCUT2D eigenvalue weighted by Gasteiger charge is -2.18. The van der Waals surface area contributed by atoms with Gasteiger partial charge in [0.05, 0.1) is 36.8 Å². The molecule has 10 N–H and O–H groups in total. The third-order valence-corrected chi connectivity index (χ3v) is 7.14. The lowest BCUT2D eigenvalue weighted by Crippen LogP contribution is -2.44. The van der Waals surface area contributed by atoms with Crippen LogP contribution in [0.3, 0.4) is 0 Å². The van der Waals surface area contributed by atoms with Gasteiger partial charge in [0.1, 0.15) is 17.6 Å². The summed E-state index contributed by atoms with van der Waals surface area (Å²) in [5, 5.41) is 26.0. The molecule has 0 saturated carbocycles. The van der Waals surface area contributed by atoms with Crippen molar-refractivity contribution in [2.45, 2.75) is 64.1 Å². The zero-order valence-electron chi connectivity index (χ0n) is 26.0. The Kier molecular flexibility index (Phi) is 13.2. The van der Waals surface area contributed by atoms with Crippen LogP contribution in [0.25, 0.3) is 11.2 Å². The number of anilines is 2. The number of carboxylic acid groups (broad SMARTS) is 2. The maximum absolute atomic E-state index is 12.5. The Morgan fingerprint density at radius 1 is 1.00 bits per heavy atom. The Morgan fingerprint density at radius 3 is 2.38 bits per heavy atom. The molecular formula is C30H37N9O9. The third-order valence-electron chi connectivity index (χ3n) is 7.14. The minimum atomic E-state index is -1.34. The highest BCUT2D eigenvalue weighted by Crippen LogP contribution is 2.15. The van der Waals surface area contributed by atoms with Gasteiger partial charge in [-0.05, 0) is 44.0 Å². The summed E-state index contributed by atoms with van der Waals surface area (Å²) in [6.07, 6.45) is 0.671. The summed E-state index contributed by atoms with van der Waals surface area (Å²) in [6.45, 7) is 1.67. The van der Waals surface area contributed by atoms with Gasteiger partial charge in [-0.15, -0.1) is 0 Å². The van der Waals surface area contributed by atoms with Crippen molar-refractivity contribution >= 4 is 58.1 Å². The van der Waals surface area contributed by atoms with Crippen molar-refractivity contribution in [3.63, 3.8) is 0 Å². The van der Waals surface area contributed by atoms with E-state index >= 15 is 0 Å². The first-order chi connectivity index (χ1) is 22.7. The molecule has 3 aromatic rings. The Bertz CT molecular complexity index is 1730. The first kappa shape index (κ1) is 36.7. The maximum Gasteiger partial charge on any atom is 0.325 e. The van der Waals surface area contributed by atoms with E-state index in [0.717, 1.165) is 0 Å². The number of H-pyrrole nitrogens is 1. The average Bonchev–Trinajstić information content (AvgIpc) is 3.04. The van der Waals surface area contributed by atoms with Crippen molar-refractivity contribution in [3.8, 4) is 0 Å². The van der Waals surface area contributed by atoms with E-state index in [1.807, 2.05) is 0 Å². The molecule has 3 unspecified atom stereocenters. The average molecular weight is 668 g/mol. The number of aromatic nitrogens is 4. The van der Waals surface area contributed by atoms with Gasteiger partial charge in [-0.25, -0.2) is 9.97 Å². The van der Waals surface area contributed by atoms with Gasteiger partial charge in [0, 0.05) is 37.1 Å². The topological polar surface area (TPSA) is 303 Å². The second kappa shape index (κ2) is 17.2. The zero-order valence-corrected chi connectivity index (χ0v) is 26.0. The Balaban J connectivity index is 1.37. The number of nitrogens with zero attached hydrogens (tertiary/aromatic N) is 3. The molecule has 0 bridgehead atoms. The maximum atomic E-state index is 12.5. The number of carboxylic acids is 2. The summed E-state index contributed by atoms with van der Waals surface area (Å²) in [5.41, 5.74) is 12.7. The number of amides is 2. The molecule has 0 aliphatic carbocycles. The lowest BCUT2D eigenvalue weighted by molar-refractivity contribution is -0.144. The van der Waals surface area contributed by atoms with Gasteiger partial charge in [0.15, 0.2) is 11.2 Å². The number of ketones is 2. The fourth-order valence-electron chi connectivity index (χ4n) is 4.44. The number of carbonyl (C=O) groups is 6. The van der Waals surface area contributed by atoms with Gasteiger partial charge in [0.25, 0.3) is 11.5 Å². The molecule has 2 aromatic heterocycles. The van der Waals surface area contributed by atoms with Gasteiger partial charge < -0.3 is 37.6 Å². The SMILES string of the molecule is CC(NC(=O)C(CC(=O)O)CC(=O)C(N)CCC(=O)CCCNC(=O)c1ccc(NCc2cnc3nc(N)[nH]c(=O)c3n2)cc1)C(=O)O. The molecule has 0 aliphatic heterocycles. The molecule has 2 heterocycles. The molecule has 256 valence electrons. The van der Waals surface area contributed by atoms with Crippen molar-refractivity contribution < 1.29 is 39.0 Å². The van der Waals surface area contributed by atoms with E-state index in [1.54, 1.807) is 24.3 Å². The molecule has 18 nitrogen and oxygen atoms in total. The van der Waals surface area contributed by atoms with E-state index in [4.69, 9.17) is 21.7 Å². The van der Waals surface area contributed by atoms with Crippen molar-refractivity contribution in [1.82, 2.24) is 30.6 Å². The van der Waals surface area contributed by atoms with E-state index in [0.29, 0.717) is 23.4 Å². The highest BCUT2D eigenvalue weighted by molar-refractivity contribution is 5.95. The minimum Gasteiger partial charge on any atom is -0.481 e. The fraction of sp³-hybridized carbons (Fsp3) is 0.400. The molecule has 48 heavy (non-hydrogen) atoms. The molecule has 0 radical (unpaired) electrons. The van der Waals surface area contributed by atoms with Gasteiger partial charge in [-0.2, -0.15) is 4.98 Å². The van der Waals surface area contributed by atoms with E-state index in [-0.39, 0.29) is 61.2 Å². The Hall–Kier alpha value is -5.78. The summed E-state index contributed by atoms with van der Waals surface area (Å²) in [6, 6.07) is 4.22. The first-order valence-corrected chi connectivity index (χ1v) is 14.9. The van der Waals surface area contributed by atoms with Crippen LogP contribution in [0.5, 0.6) is 0 Å². The number of carbonyl (C=O) groups excluding carboxylic acids is 4. The van der Waals surface area contributed by atoms with Crippen molar-refractivity contribution in [3.05, 3.63) is 52.1 Å². The molecule has 0 saturated heterocycles. The van der Waals surface area contributed by atoms with Crippen LogP contribution in [0.4, 0.5) is 11.6 Å². The highest BCUT2D eigenvalue weighted by atomic mass is 16.4. The second-order valence-electron chi connectivity index (χ2n) is 11.0. The summed E-state index contributed by atoms with van der Waals surface area (Å²) < 4.78 is 0. The van der Waals surface area contributed by atoms with Crippen LogP contribution >= 0.6 is 0 Å². The highest BCUT2D eigenvalue weighted by Gasteiger charge is 2.29. The van der Waals surface area contributed by atoms with Gasteiger partial charge in [-0.1, -0.05) is 0 Å². The number of nitrogen functional groups attached to an aromatic ring is 1. The minimum absolute atomic E-state index is 0.0184. The lowest BCUT2D eigenvalue weighted by atomic mass is 9.92. The Morgan fingerprint density at radius 2 is 1.71 bits per heavy atom. The number of aliphatic carboxylic acids is 2. The summed E-state index contributed by atoms with van der Waals surface area (Å²) >= 11 is 0. The first-order valence-electron chi connectivity index (χ1n) is 14.9. The predicted octanol–water partition coefficient (Wildman–Crippen LogP) is -0.267. The quantitative estimate of drug-likeness (QED) is 0.0763. The predicted molar refractivity (Wildman–Crippen MR) is 171 cm³/mol. The molecular weight excluding hydrogens is 630 g/mol. The van der Waals surface area contributed by atoms with Gasteiger partial charge in [0.2, 0.25) is 11.9 Å². The van der Waals surface area contributed by atoms with E-state index in [1.165, 1.54) is 13.1 Å². The van der Waals surface area contributed by atoms with Crippen molar-refractivity contribution in [2.75, 3.05) is 17.6 Å². The van der Waals surface area contributed by atoms with Crippen LogP contribution in [0.1, 0.15) is 61.5 Å². The second-order valence-corrected chi connectivity index (χ2v) is 11.0. The number of Topliss-reactive ketones (excluding diaryl/α,β-unsaturated/α-hetero) is 2. The number of nitrogens with one attached hydrogen (secondary N) is 4. The molecule has 3 rings (SSSR count). The fourth-order valence-corrected chi connectivity index (χ4v) is 4.44. The van der Waals surface area contributed by atoms with E-state index in [2.05, 4.69) is 35.9 Å². The number of fused-ring (bicyclic) bond motifs is 1. The number of rotatable bonds is 19. The van der Waals surface area contributed by atoms with E-state index < -0.39 is 60.0 Å². The Labute approximate surface area is 273 Å². The standard InChI is InChI=1S/C30H37N9O9/c1-15(29(47)48)36-27(45)17(12-23(42)43)11-22(41)21(31)9-8-20(40)3-2-10-33-26(44)16-4-6-18(7-5-16)34-13-19-14-35-25-24(37-19)28(46)39-30(32)38-25/h4-7,14-15,17,21,34H,2-3,8-13,31H2,1H3,(H,33,44)(H,36,45)(H,42,43)(H,47,48)(H3,32,35,38,39,46). The van der Waals surface area contributed by atoms with Crippen LogP contribution in [-0.4, -0.2) is 84.1 Å². The van der Waals surface area contributed by atoms with Crippen molar-refractivity contribution in [1.29, 1.82) is 0 Å². The number of hydrogen-bond acceptors (Lipinski definition) is 13. The summed E-state index contributed by atoms with van der Waals surface area (Å²) in [7, 11) is 0. The van der Waals surface area contributed by atoms with Crippen LogP contribution in [0.2, 0.25) is 0 Å². The third kappa shape index (κ3) is 11.2. The van der Waals surface area contributed by atoms with Crippen molar-refractivity contribution in [2.24, 2.45) is 11.7 Å². The van der Waals surface area contributed by atoms with Crippen LogP contribution in [0.15, 0.2) is 35.3 Å². The molecule has 18 heteroatoms. The normalized spacial score (nSPS) is 12.8. The van der Waals surface area contributed by atoms with E-state index in [9.17, 15) is 33.6 Å². The van der Waals surface area contributed by atoms with Crippen LogP contribution in [0, 0.1) is 5.92 Å². The summed E-state index contributed by atoms with van der Waals surface area (Å²) in [4.78, 5) is 98.5. The number of nitrogens with two attached hydrogens (primary N) is 2. The molecule has 0 aliphatic rings. The largest absolute Gasteiger partial charge is 0.481 e. The number of hydrogen-bond donors (Lipinski definition) is 8. The smallest absolute Gasteiger partial charge is 0.325 e. The monoisotopic (exact) mass is 667 g/mol. The van der Waals surface area contributed by atoms with Crippen LogP contribution in [-0.2, 0) is 30.5 Å². The molecule has 0 spiro atoms. The molecule has 2 amide bonds. The van der Waals surface area contributed by atoms with Gasteiger partial charge >= 0.3 is 11.9 Å². The molecule has 1 aromatic carbocycles. The van der Waals surface area contributed by atoms with Gasteiger partial charge in [-0.3, -0.25) is 38.5 Å².